The predicted octanol–water partition coefficient (Wildman–Crippen LogP) is 0.324. The van der Waals surface area contributed by atoms with Gasteiger partial charge in [-0.3, -0.25) is 4.79 Å². The van der Waals surface area contributed by atoms with Crippen LogP contribution in [0.5, 0.6) is 5.75 Å². The molecule has 0 saturated carbocycles. The third-order valence-corrected chi connectivity index (χ3v) is 2.54. The van der Waals surface area contributed by atoms with Crippen LogP contribution in [0.25, 0.3) is 0 Å². The molecule has 0 aliphatic carbocycles. The summed E-state index contributed by atoms with van der Waals surface area (Å²) in [6, 6.07) is 7.12. The van der Waals surface area contributed by atoms with Crippen molar-refractivity contribution < 1.29 is 9.90 Å². The Bertz CT molecular complexity index is 365. The molecular formula is C11H14N2O2. The molecule has 1 aromatic carbocycles. The van der Waals surface area contributed by atoms with Gasteiger partial charge >= 0.3 is 0 Å². The molecule has 1 heterocycles. The third kappa shape index (κ3) is 2.27. The van der Waals surface area contributed by atoms with E-state index < -0.39 is 0 Å². The van der Waals surface area contributed by atoms with E-state index in [1.54, 1.807) is 17.0 Å². The highest BCUT2D eigenvalue weighted by Gasteiger charge is 2.18. The number of para-hydroxylation sites is 1. The summed E-state index contributed by atoms with van der Waals surface area (Å²) in [5.41, 5.74) is 0.799. The minimum Gasteiger partial charge on any atom is -0.508 e. The lowest BCUT2D eigenvalue weighted by Gasteiger charge is -2.27. The molecule has 0 atom stereocenters. The molecule has 0 spiro atoms. The van der Waals surface area contributed by atoms with Crippen LogP contribution < -0.4 is 5.32 Å². The number of nitrogens with zero attached hydrogens (tertiary/aromatic N) is 1. The minimum atomic E-state index is 0.0875. The van der Waals surface area contributed by atoms with Crippen molar-refractivity contribution in [3.63, 3.8) is 0 Å². The molecule has 80 valence electrons. The summed E-state index contributed by atoms with van der Waals surface area (Å²) in [5, 5.41) is 12.6. The van der Waals surface area contributed by atoms with E-state index in [9.17, 15) is 9.90 Å². The van der Waals surface area contributed by atoms with Gasteiger partial charge in [-0.05, 0) is 6.07 Å². The van der Waals surface area contributed by atoms with Crippen LogP contribution >= 0.6 is 0 Å². The van der Waals surface area contributed by atoms with Gasteiger partial charge in [0, 0.05) is 25.2 Å². The molecule has 0 aromatic heterocycles. The number of benzene rings is 1. The second kappa shape index (κ2) is 4.31. The Morgan fingerprint density at radius 3 is 2.93 bits per heavy atom. The van der Waals surface area contributed by atoms with E-state index >= 15 is 0 Å². The molecule has 1 amide bonds. The fourth-order valence-electron chi connectivity index (χ4n) is 1.66. The summed E-state index contributed by atoms with van der Waals surface area (Å²) in [6.45, 7) is 2.41. The fraction of sp³-hybridized carbons (Fsp3) is 0.364. The van der Waals surface area contributed by atoms with Gasteiger partial charge in [-0.15, -0.1) is 0 Å². The van der Waals surface area contributed by atoms with Crippen LogP contribution in [0.2, 0.25) is 0 Å². The molecule has 4 heteroatoms. The standard InChI is InChI=1S/C11H14N2O2/c14-10-4-2-1-3-9(10)8-13-6-5-12-7-11(13)15/h1-4,12,14H,5-8H2. The maximum atomic E-state index is 11.5. The summed E-state index contributed by atoms with van der Waals surface area (Å²) >= 11 is 0. The van der Waals surface area contributed by atoms with Crippen LogP contribution in [0, 0.1) is 0 Å². The number of nitrogens with one attached hydrogen (secondary N) is 1. The van der Waals surface area contributed by atoms with E-state index in [1.807, 2.05) is 12.1 Å². The van der Waals surface area contributed by atoms with Crippen LogP contribution in [-0.2, 0) is 11.3 Å². The van der Waals surface area contributed by atoms with Crippen LogP contribution in [0.15, 0.2) is 24.3 Å². The monoisotopic (exact) mass is 206 g/mol. The Balaban J connectivity index is 2.08. The van der Waals surface area contributed by atoms with Gasteiger partial charge in [-0.2, -0.15) is 0 Å². The smallest absolute Gasteiger partial charge is 0.236 e. The van der Waals surface area contributed by atoms with Gasteiger partial charge in [0.2, 0.25) is 5.91 Å². The molecule has 0 unspecified atom stereocenters. The Morgan fingerprint density at radius 2 is 2.20 bits per heavy atom. The third-order valence-electron chi connectivity index (χ3n) is 2.54. The van der Waals surface area contributed by atoms with Gasteiger partial charge in [0.15, 0.2) is 0 Å². The fourth-order valence-corrected chi connectivity index (χ4v) is 1.66. The summed E-state index contributed by atoms with van der Waals surface area (Å²) < 4.78 is 0. The number of phenols is 1. The summed E-state index contributed by atoms with van der Waals surface area (Å²) in [5.74, 6) is 0.341. The van der Waals surface area contributed by atoms with E-state index in [1.165, 1.54) is 0 Å². The minimum absolute atomic E-state index is 0.0875. The normalized spacial score (nSPS) is 16.8. The summed E-state index contributed by atoms with van der Waals surface area (Å²) in [4.78, 5) is 13.2. The first-order valence-corrected chi connectivity index (χ1v) is 5.03. The Hall–Kier alpha value is -1.55. The van der Waals surface area contributed by atoms with Crippen molar-refractivity contribution in [2.24, 2.45) is 0 Å². The zero-order valence-corrected chi connectivity index (χ0v) is 8.44. The first-order chi connectivity index (χ1) is 7.27. The van der Waals surface area contributed by atoms with Gasteiger partial charge in [-0.1, -0.05) is 18.2 Å². The zero-order valence-electron chi connectivity index (χ0n) is 8.44. The molecule has 0 radical (unpaired) electrons. The molecule has 15 heavy (non-hydrogen) atoms. The number of aromatic hydroxyl groups is 1. The molecule has 1 aliphatic heterocycles. The number of phenolic OH excluding ortho intramolecular Hbond substituents is 1. The molecule has 0 bridgehead atoms. The van der Waals surface area contributed by atoms with E-state index in [4.69, 9.17) is 0 Å². The second-order valence-electron chi connectivity index (χ2n) is 3.62. The van der Waals surface area contributed by atoms with Crippen molar-refractivity contribution in [3.8, 4) is 5.75 Å². The zero-order chi connectivity index (χ0) is 10.7. The highest BCUT2D eigenvalue weighted by molar-refractivity contribution is 5.79. The van der Waals surface area contributed by atoms with E-state index in [2.05, 4.69) is 5.32 Å². The van der Waals surface area contributed by atoms with Crippen LogP contribution in [0.1, 0.15) is 5.56 Å². The number of carbonyl (C=O) groups excluding carboxylic acids is 1. The molecule has 1 aliphatic rings. The first kappa shape index (κ1) is 9.98. The first-order valence-electron chi connectivity index (χ1n) is 5.03. The highest BCUT2D eigenvalue weighted by atomic mass is 16.3. The van der Waals surface area contributed by atoms with Crippen molar-refractivity contribution in [1.29, 1.82) is 0 Å². The van der Waals surface area contributed by atoms with Crippen molar-refractivity contribution in [1.82, 2.24) is 10.2 Å². The van der Waals surface area contributed by atoms with Crippen molar-refractivity contribution in [3.05, 3.63) is 29.8 Å². The van der Waals surface area contributed by atoms with Crippen LogP contribution in [0.4, 0.5) is 0 Å². The number of hydrogen-bond acceptors (Lipinski definition) is 3. The van der Waals surface area contributed by atoms with Crippen molar-refractivity contribution >= 4 is 5.91 Å². The molecule has 4 nitrogen and oxygen atoms in total. The van der Waals surface area contributed by atoms with Crippen LogP contribution in [0.3, 0.4) is 0 Å². The molecule has 1 saturated heterocycles. The number of hydrogen-bond donors (Lipinski definition) is 2. The van der Waals surface area contributed by atoms with Gasteiger partial charge in [0.05, 0.1) is 6.54 Å². The van der Waals surface area contributed by atoms with Gasteiger partial charge < -0.3 is 15.3 Å². The number of carbonyl (C=O) groups is 1. The van der Waals surface area contributed by atoms with Crippen LogP contribution in [-0.4, -0.2) is 35.5 Å². The maximum Gasteiger partial charge on any atom is 0.236 e. The number of piperazine rings is 1. The summed E-state index contributed by atoms with van der Waals surface area (Å²) in [7, 11) is 0. The van der Waals surface area contributed by atoms with Crippen molar-refractivity contribution in [2.75, 3.05) is 19.6 Å². The average Bonchev–Trinajstić information content (AvgIpc) is 2.24. The molecule has 2 N–H and O–H groups in total. The lowest BCUT2D eigenvalue weighted by Crippen LogP contribution is -2.47. The van der Waals surface area contributed by atoms with Crippen molar-refractivity contribution in [2.45, 2.75) is 6.54 Å². The molecule has 2 rings (SSSR count). The predicted molar refractivity (Wildman–Crippen MR) is 56.4 cm³/mol. The molecule has 1 fully saturated rings. The summed E-state index contributed by atoms with van der Waals surface area (Å²) in [6.07, 6.45) is 0. The Morgan fingerprint density at radius 1 is 1.40 bits per heavy atom. The topological polar surface area (TPSA) is 52.6 Å². The Labute approximate surface area is 88.5 Å². The maximum absolute atomic E-state index is 11.5. The number of amides is 1. The quantitative estimate of drug-likeness (QED) is 0.733. The van der Waals surface area contributed by atoms with E-state index in [0.29, 0.717) is 19.6 Å². The Kier molecular flexibility index (Phi) is 2.87. The highest BCUT2D eigenvalue weighted by Crippen LogP contribution is 2.17. The van der Waals surface area contributed by atoms with E-state index in [-0.39, 0.29) is 11.7 Å². The average molecular weight is 206 g/mol. The molecule has 1 aromatic rings. The van der Waals surface area contributed by atoms with Gasteiger partial charge in [-0.25, -0.2) is 0 Å². The number of rotatable bonds is 2. The SMILES string of the molecule is O=C1CNCCN1Cc1ccccc1O. The van der Waals surface area contributed by atoms with Gasteiger partial charge in [0.1, 0.15) is 5.75 Å². The van der Waals surface area contributed by atoms with E-state index in [0.717, 1.165) is 12.1 Å². The second-order valence-corrected chi connectivity index (χ2v) is 3.62. The largest absolute Gasteiger partial charge is 0.508 e. The molecular weight excluding hydrogens is 192 g/mol. The van der Waals surface area contributed by atoms with Gasteiger partial charge in [0.25, 0.3) is 0 Å². The lowest BCUT2D eigenvalue weighted by molar-refractivity contribution is -0.132. The lowest BCUT2D eigenvalue weighted by atomic mass is 10.2.